The highest BCUT2D eigenvalue weighted by Crippen LogP contribution is 2.30. The fourth-order valence-electron chi connectivity index (χ4n) is 2.87. The number of aromatic nitrogens is 2. The zero-order valence-electron chi connectivity index (χ0n) is 13.4. The molecule has 1 heterocycles. The van der Waals surface area contributed by atoms with Gasteiger partial charge in [0.1, 0.15) is 0 Å². The summed E-state index contributed by atoms with van der Waals surface area (Å²) in [4.78, 5) is 12.8. The van der Waals surface area contributed by atoms with E-state index in [0.29, 0.717) is 16.8 Å². The fourth-order valence-corrected chi connectivity index (χ4v) is 2.87. The standard InChI is InChI=1S/C20H16N4O/c21-18-9-5-4-8-16(18)13-10-14-12-22-24-19(14)17(11-13)20(25)23-15-6-2-1-3-7-15/h1-12H,21H2,(H,22,24)(H,23,25). The van der Waals surface area contributed by atoms with E-state index in [1.165, 1.54) is 0 Å². The molecule has 25 heavy (non-hydrogen) atoms. The van der Waals surface area contributed by atoms with Gasteiger partial charge in [-0.25, -0.2) is 0 Å². The van der Waals surface area contributed by atoms with Crippen molar-refractivity contribution in [1.82, 2.24) is 10.2 Å². The Balaban J connectivity index is 1.81. The van der Waals surface area contributed by atoms with Gasteiger partial charge in [-0.05, 0) is 35.9 Å². The van der Waals surface area contributed by atoms with Gasteiger partial charge in [0.05, 0.1) is 17.3 Å². The number of fused-ring (bicyclic) bond motifs is 1. The van der Waals surface area contributed by atoms with E-state index in [1.54, 1.807) is 6.20 Å². The van der Waals surface area contributed by atoms with Crippen LogP contribution in [0.5, 0.6) is 0 Å². The van der Waals surface area contributed by atoms with E-state index >= 15 is 0 Å². The van der Waals surface area contributed by atoms with Crippen LogP contribution in [0, 0.1) is 0 Å². The summed E-state index contributed by atoms with van der Waals surface area (Å²) in [6.07, 6.45) is 1.71. The first-order chi connectivity index (χ1) is 12.2. The van der Waals surface area contributed by atoms with Crippen LogP contribution in [0.15, 0.2) is 72.9 Å². The number of nitrogen functional groups attached to an aromatic ring is 1. The number of nitrogens with one attached hydrogen (secondary N) is 2. The van der Waals surface area contributed by atoms with Crippen LogP contribution < -0.4 is 11.1 Å². The van der Waals surface area contributed by atoms with Crippen molar-refractivity contribution in [1.29, 1.82) is 0 Å². The molecule has 4 rings (SSSR count). The number of anilines is 2. The minimum Gasteiger partial charge on any atom is -0.398 e. The molecule has 0 aliphatic rings. The van der Waals surface area contributed by atoms with Gasteiger partial charge >= 0.3 is 0 Å². The summed E-state index contributed by atoms with van der Waals surface area (Å²) in [7, 11) is 0. The molecule has 122 valence electrons. The van der Waals surface area contributed by atoms with Gasteiger partial charge in [-0.2, -0.15) is 5.10 Å². The normalized spacial score (nSPS) is 10.7. The summed E-state index contributed by atoms with van der Waals surface area (Å²) in [5, 5.41) is 10.8. The van der Waals surface area contributed by atoms with Crippen molar-refractivity contribution in [2.24, 2.45) is 0 Å². The molecule has 0 aliphatic heterocycles. The number of nitrogens with zero attached hydrogens (tertiary/aromatic N) is 1. The third kappa shape index (κ3) is 2.83. The summed E-state index contributed by atoms with van der Waals surface area (Å²) in [6.45, 7) is 0. The fraction of sp³-hybridized carbons (Fsp3) is 0. The van der Waals surface area contributed by atoms with Crippen molar-refractivity contribution in [2.45, 2.75) is 0 Å². The highest BCUT2D eigenvalue weighted by atomic mass is 16.1. The zero-order chi connectivity index (χ0) is 17.2. The van der Waals surface area contributed by atoms with Crippen LogP contribution >= 0.6 is 0 Å². The monoisotopic (exact) mass is 328 g/mol. The number of H-pyrrole nitrogens is 1. The SMILES string of the molecule is Nc1ccccc1-c1cc(C(=O)Nc2ccccc2)c2[nH]ncc2c1. The molecule has 0 bridgehead atoms. The van der Waals surface area contributed by atoms with E-state index in [-0.39, 0.29) is 5.91 Å². The Kier molecular flexibility index (Phi) is 3.67. The van der Waals surface area contributed by atoms with Gasteiger partial charge in [0.15, 0.2) is 0 Å². The Bertz CT molecular complexity index is 1050. The average Bonchev–Trinajstić information content (AvgIpc) is 3.10. The van der Waals surface area contributed by atoms with Crippen molar-refractivity contribution < 1.29 is 4.79 Å². The van der Waals surface area contributed by atoms with E-state index in [9.17, 15) is 4.79 Å². The van der Waals surface area contributed by atoms with Crippen LogP contribution in [0.4, 0.5) is 11.4 Å². The molecule has 0 atom stereocenters. The highest BCUT2D eigenvalue weighted by Gasteiger charge is 2.15. The predicted molar refractivity (Wildman–Crippen MR) is 100 cm³/mol. The summed E-state index contributed by atoms with van der Waals surface area (Å²) in [6, 6.07) is 20.8. The molecule has 0 aliphatic carbocycles. The van der Waals surface area contributed by atoms with E-state index in [1.807, 2.05) is 66.7 Å². The topological polar surface area (TPSA) is 83.8 Å². The van der Waals surface area contributed by atoms with Crippen LogP contribution in [-0.2, 0) is 0 Å². The van der Waals surface area contributed by atoms with E-state index in [2.05, 4.69) is 15.5 Å². The molecule has 1 amide bonds. The van der Waals surface area contributed by atoms with Crippen LogP contribution in [-0.4, -0.2) is 16.1 Å². The molecule has 0 saturated heterocycles. The number of aromatic amines is 1. The molecule has 0 saturated carbocycles. The number of carbonyl (C=O) groups is 1. The van der Waals surface area contributed by atoms with E-state index < -0.39 is 0 Å². The highest BCUT2D eigenvalue weighted by molar-refractivity contribution is 6.13. The maximum absolute atomic E-state index is 12.8. The number of rotatable bonds is 3. The molecule has 0 fully saturated rings. The number of benzene rings is 3. The number of nitrogens with two attached hydrogens (primary N) is 1. The Morgan fingerprint density at radius 3 is 2.56 bits per heavy atom. The van der Waals surface area contributed by atoms with Gasteiger partial charge in [0.25, 0.3) is 5.91 Å². The quantitative estimate of drug-likeness (QED) is 0.496. The average molecular weight is 328 g/mol. The van der Waals surface area contributed by atoms with Crippen molar-refractivity contribution in [2.75, 3.05) is 11.1 Å². The molecule has 0 radical (unpaired) electrons. The summed E-state index contributed by atoms with van der Waals surface area (Å²) in [5.74, 6) is -0.197. The minimum absolute atomic E-state index is 0.197. The Labute approximate surface area is 144 Å². The second kappa shape index (κ2) is 6.13. The van der Waals surface area contributed by atoms with Crippen LogP contribution in [0.25, 0.3) is 22.0 Å². The number of amides is 1. The Hall–Kier alpha value is -3.60. The minimum atomic E-state index is -0.197. The second-order valence-corrected chi connectivity index (χ2v) is 5.77. The molecular formula is C20H16N4O. The third-order valence-electron chi connectivity index (χ3n) is 4.10. The molecule has 4 N–H and O–H groups in total. The van der Waals surface area contributed by atoms with E-state index in [0.717, 1.165) is 22.2 Å². The maximum Gasteiger partial charge on any atom is 0.257 e. The molecule has 5 nitrogen and oxygen atoms in total. The summed E-state index contributed by atoms with van der Waals surface area (Å²) in [5.41, 5.74) is 10.5. The number of carbonyl (C=O) groups excluding carboxylic acids is 1. The van der Waals surface area contributed by atoms with Crippen molar-refractivity contribution in [3.63, 3.8) is 0 Å². The molecule has 0 unspecified atom stereocenters. The van der Waals surface area contributed by atoms with Crippen LogP contribution in [0.3, 0.4) is 0 Å². The van der Waals surface area contributed by atoms with Gasteiger partial charge in [0.2, 0.25) is 0 Å². The molecule has 0 spiro atoms. The number of para-hydroxylation sites is 2. The molecule has 3 aromatic carbocycles. The molecule has 4 aromatic rings. The van der Waals surface area contributed by atoms with Crippen LogP contribution in [0.2, 0.25) is 0 Å². The lowest BCUT2D eigenvalue weighted by Gasteiger charge is -2.10. The van der Waals surface area contributed by atoms with Gasteiger partial charge in [-0.3, -0.25) is 9.89 Å². The lowest BCUT2D eigenvalue weighted by atomic mass is 9.99. The van der Waals surface area contributed by atoms with E-state index in [4.69, 9.17) is 5.73 Å². The van der Waals surface area contributed by atoms with Crippen molar-refractivity contribution in [3.8, 4) is 11.1 Å². The number of hydrogen-bond donors (Lipinski definition) is 3. The lowest BCUT2D eigenvalue weighted by Crippen LogP contribution is -2.12. The molecular weight excluding hydrogens is 312 g/mol. The largest absolute Gasteiger partial charge is 0.398 e. The lowest BCUT2D eigenvalue weighted by molar-refractivity contribution is 0.102. The molecule has 1 aromatic heterocycles. The van der Waals surface area contributed by atoms with Gasteiger partial charge in [-0.15, -0.1) is 0 Å². The van der Waals surface area contributed by atoms with Gasteiger partial charge < -0.3 is 11.1 Å². The Morgan fingerprint density at radius 1 is 1.00 bits per heavy atom. The Morgan fingerprint density at radius 2 is 1.76 bits per heavy atom. The smallest absolute Gasteiger partial charge is 0.257 e. The van der Waals surface area contributed by atoms with Crippen molar-refractivity contribution >= 4 is 28.2 Å². The van der Waals surface area contributed by atoms with Crippen LogP contribution in [0.1, 0.15) is 10.4 Å². The first-order valence-electron chi connectivity index (χ1n) is 7.91. The third-order valence-corrected chi connectivity index (χ3v) is 4.10. The first kappa shape index (κ1) is 15.0. The maximum atomic E-state index is 12.8. The molecule has 5 heteroatoms. The number of hydrogen-bond acceptors (Lipinski definition) is 3. The zero-order valence-corrected chi connectivity index (χ0v) is 13.4. The van der Waals surface area contributed by atoms with Gasteiger partial charge in [-0.1, -0.05) is 36.4 Å². The van der Waals surface area contributed by atoms with Gasteiger partial charge in [0, 0.05) is 22.3 Å². The second-order valence-electron chi connectivity index (χ2n) is 5.77. The summed E-state index contributed by atoms with van der Waals surface area (Å²) >= 11 is 0. The first-order valence-corrected chi connectivity index (χ1v) is 7.91. The predicted octanol–water partition coefficient (Wildman–Crippen LogP) is 4.06. The summed E-state index contributed by atoms with van der Waals surface area (Å²) < 4.78 is 0. The van der Waals surface area contributed by atoms with Crippen molar-refractivity contribution in [3.05, 3.63) is 78.5 Å².